The van der Waals surface area contributed by atoms with Crippen LogP contribution in [0.2, 0.25) is 5.02 Å². The van der Waals surface area contributed by atoms with E-state index in [4.69, 9.17) is 16.3 Å². The molecule has 1 aromatic carbocycles. The van der Waals surface area contributed by atoms with Gasteiger partial charge in [0.05, 0.1) is 18.9 Å². The van der Waals surface area contributed by atoms with Gasteiger partial charge >= 0.3 is 6.03 Å². The number of aliphatic hydroxyl groups excluding tert-OH is 1. The van der Waals surface area contributed by atoms with Crippen molar-refractivity contribution < 1.29 is 14.6 Å². The normalized spacial score (nSPS) is 15.6. The van der Waals surface area contributed by atoms with E-state index in [0.717, 1.165) is 12.8 Å². The Morgan fingerprint density at radius 2 is 2.25 bits per heavy atom. The number of nitrogens with one attached hydrogen (secondary N) is 2. The Labute approximate surface area is 123 Å². The van der Waals surface area contributed by atoms with E-state index in [0.29, 0.717) is 29.6 Å². The van der Waals surface area contributed by atoms with E-state index >= 15 is 0 Å². The van der Waals surface area contributed by atoms with E-state index in [1.54, 1.807) is 18.2 Å². The number of halogens is 1. The van der Waals surface area contributed by atoms with Gasteiger partial charge in [-0.05, 0) is 31.9 Å². The molecule has 1 fully saturated rings. The minimum atomic E-state index is -0.312. The molecule has 0 saturated heterocycles. The Balaban J connectivity index is 1.93. The molecule has 110 valence electrons. The van der Waals surface area contributed by atoms with E-state index in [-0.39, 0.29) is 18.1 Å². The van der Waals surface area contributed by atoms with E-state index in [1.165, 1.54) is 0 Å². The van der Waals surface area contributed by atoms with Crippen molar-refractivity contribution in [2.75, 3.05) is 25.1 Å². The first kappa shape index (κ1) is 14.9. The van der Waals surface area contributed by atoms with Crippen LogP contribution in [0, 0.1) is 5.41 Å². The lowest BCUT2D eigenvalue weighted by Gasteiger charge is -2.15. The standard InChI is InChI=1S/C14H19ClN2O3/c1-2-20-12-7-10(15)3-4-11(12)17-13(19)16-8-14(9-18)5-6-14/h3-4,7,18H,2,5-6,8-9H2,1H3,(H2,16,17,19). The van der Waals surface area contributed by atoms with Gasteiger partial charge in [-0.15, -0.1) is 0 Å². The third-order valence-electron chi connectivity index (χ3n) is 3.41. The number of hydrogen-bond acceptors (Lipinski definition) is 3. The molecule has 20 heavy (non-hydrogen) atoms. The van der Waals surface area contributed by atoms with Crippen LogP contribution in [0.5, 0.6) is 5.75 Å². The second-order valence-electron chi connectivity index (χ2n) is 5.04. The smallest absolute Gasteiger partial charge is 0.319 e. The fraction of sp³-hybridized carbons (Fsp3) is 0.500. The molecule has 0 atom stereocenters. The van der Waals surface area contributed by atoms with Gasteiger partial charge in [-0.3, -0.25) is 0 Å². The largest absolute Gasteiger partial charge is 0.492 e. The lowest BCUT2D eigenvalue weighted by atomic mass is 10.1. The SMILES string of the molecule is CCOc1cc(Cl)ccc1NC(=O)NCC1(CO)CC1. The van der Waals surface area contributed by atoms with Crippen molar-refractivity contribution in [3.05, 3.63) is 23.2 Å². The molecule has 0 bridgehead atoms. The van der Waals surface area contributed by atoms with Gasteiger partial charge < -0.3 is 20.5 Å². The maximum absolute atomic E-state index is 11.9. The molecule has 2 amide bonds. The average molecular weight is 299 g/mol. The summed E-state index contributed by atoms with van der Waals surface area (Å²) in [6.45, 7) is 2.94. The predicted molar refractivity (Wildman–Crippen MR) is 78.4 cm³/mol. The topological polar surface area (TPSA) is 70.6 Å². The number of hydrogen-bond donors (Lipinski definition) is 3. The monoisotopic (exact) mass is 298 g/mol. The van der Waals surface area contributed by atoms with Crippen LogP contribution in [0.25, 0.3) is 0 Å². The number of anilines is 1. The van der Waals surface area contributed by atoms with Crippen LogP contribution >= 0.6 is 11.6 Å². The molecule has 1 saturated carbocycles. The molecule has 0 aliphatic heterocycles. The first-order chi connectivity index (χ1) is 9.58. The first-order valence-electron chi connectivity index (χ1n) is 6.67. The summed E-state index contributed by atoms with van der Waals surface area (Å²) in [6.07, 6.45) is 1.91. The molecule has 2 rings (SSSR count). The first-order valence-corrected chi connectivity index (χ1v) is 7.04. The summed E-state index contributed by atoms with van der Waals surface area (Å²) in [5, 5.41) is 15.3. The molecule has 1 aromatic rings. The molecule has 1 aliphatic carbocycles. The zero-order valence-corrected chi connectivity index (χ0v) is 12.2. The van der Waals surface area contributed by atoms with Gasteiger partial charge in [0.1, 0.15) is 5.75 Å². The summed E-state index contributed by atoms with van der Waals surface area (Å²) in [7, 11) is 0. The molecular weight excluding hydrogens is 280 g/mol. The van der Waals surface area contributed by atoms with Crippen molar-refractivity contribution in [2.45, 2.75) is 19.8 Å². The Morgan fingerprint density at radius 3 is 2.85 bits per heavy atom. The van der Waals surface area contributed by atoms with Gasteiger partial charge in [0.25, 0.3) is 0 Å². The Bertz CT molecular complexity index is 489. The van der Waals surface area contributed by atoms with Gasteiger partial charge in [0.2, 0.25) is 0 Å². The fourth-order valence-corrected chi connectivity index (χ4v) is 2.04. The maximum atomic E-state index is 11.9. The maximum Gasteiger partial charge on any atom is 0.319 e. The summed E-state index contributed by atoms with van der Waals surface area (Å²) in [5.41, 5.74) is 0.461. The van der Waals surface area contributed by atoms with E-state index in [1.807, 2.05) is 6.92 Å². The number of rotatable bonds is 6. The minimum absolute atomic E-state index is 0.110. The summed E-state index contributed by atoms with van der Waals surface area (Å²) in [6, 6.07) is 4.74. The molecule has 0 heterocycles. The van der Waals surface area contributed by atoms with Gasteiger partial charge in [-0.2, -0.15) is 0 Å². The third-order valence-corrected chi connectivity index (χ3v) is 3.64. The van der Waals surface area contributed by atoms with Gasteiger partial charge in [0, 0.05) is 23.0 Å². The third kappa shape index (κ3) is 3.77. The minimum Gasteiger partial charge on any atom is -0.492 e. The zero-order chi connectivity index (χ0) is 14.6. The number of urea groups is 1. The van der Waals surface area contributed by atoms with Gasteiger partial charge in [-0.25, -0.2) is 4.79 Å². The van der Waals surface area contributed by atoms with Gasteiger partial charge in [0.15, 0.2) is 0 Å². The predicted octanol–water partition coefficient (Wildman–Crippen LogP) is 2.63. The van der Waals surface area contributed by atoms with E-state index in [2.05, 4.69) is 10.6 Å². The van der Waals surface area contributed by atoms with Crippen LogP contribution in [-0.4, -0.2) is 30.9 Å². The molecule has 0 unspecified atom stereocenters. The fourth-order valence-electron chi connectivity index (χ4n) is 1.88. The highest BCUT2D eigenvalue weighted by molar-refractivity contribution is 6.30. The van der Waals surface area contributed by atoms with Crippen molar-refractivity contribution in [3.63, 3.8) is 0 Å². The van der Waals surface area contributed by atoms with Crippen LogP contribution in [-0.2, 0) is 0 Å². The highest BCUT2D eigenvalue weighted by Crippen LogP contribution is 2.44. The van der Waals surface area contributed by atoms with Crippen molar-refractivity contribution in [3.8, 4) is 5.75 Å². The van der Waals surface area contributed by atoms with Crippen molar-refractivity contribution >= 4 is 23.3 Å². The number of carbonyl (C=O) groups excluding carboxylic acids is 1. The Hall–Kier alpha value is -1.46. The summed E-state index contributed by atoms with van der Waals surface area (Å²) < 4.78 is 5.43. The summed E-state index contributed by atoms with van der Waals surface area (Å²) in [4.78, 5) is 11.9. The molecule has 0 spiro atoms. The number of aliphatic hydroxyl groups is 1. The second kappa shape index (κ2) is 6.33. The van der Waals surface area contributed by atoms with Crippen LogP contribution in [0.15, 0.2) is 18.2 Å². The lowest BCUT2D eigenvalue weighted by molar-refractivity contribution is 0.206. The number of benzene rings is 1. The quantitative estimate of drug-likeness (QED) is 0.756. The average Bonchev–Trinajstić information content (AvgIpc) is 3.21. The summed E-state index contributed by atoms with van der Waals surface area (Å²) in [5.74, 6) is 0.540. The molecule has 1 aliphatic rings. The number of amides is 2. The number of ether oxygens (including phenoxy) is 1. The molecule has 0 aromatic heterocycles. The Kier molecular flexibility index (Phi) is 4.73. The van der Waals surface area contributed by atoms with Crippen molar-refractivity contribution in [1.29, 1.82) is 0 Å². The van der Waals surface area contributed by atoms with Crippen molar-refractivity contribution in [2.24, 2.45) is 5.41 Å². The molecule has 3 N–H and O–H groups in total. The highest BCUT2D eigenvalue weighted by Gasteiger charge is 2.42. The lowest BCUT2D eigenvalue weighted by Crippen LogP contribution is -2.35. The van der Waals surface area contributed by atoms with E-state index in [9.17, 15) is 9.90 Å². The van der Waals surface area contributed by atoms with Crippen LogP contribution in [0.4, 0.5) is 10.5 Å². The second-order valence-corrected chi connectivity index (χ2v) is 5.48. The highest BCUT2D eigenvalue weighted by atomic mass is 35.5. The van der Waals surface area contributed by atoms with E-state index < -0.39 is 0 Å². The van der Waals surface area contributed by atoms with Gasteiger partial charge in [-0.1, -0.05) is 11.6 Å². The molecule has 0 radical (unpaired) electrons. The zero-order valence-electron chi connectivity index (χ0n) is 11.4. The molecular formula is C14H19ClN2O3. The van der Waals surface area contributed by atoms with Crippen LogP contribution in [0.1, 0.15) is 19.8 Å². The Morgan fingerprint density at radius 1 is 1.50 bits per heavy atom. The summed E-state index contributed by atoms with van der Waals surface area (Å²) >= 11 is 5.90. The van der Waals surface area contributed by atoms with Crippen LogP contribution < -0.4 is 15.4 Å². The molecule has 6 heteroatoms. The number of carbonyl (C=O) groups is 1. The molecule has 5 nitrogen and oxygen atoms in total. The van der Waals surface area contributed by atoms with Crippen LogP contribution in [0.3, 0.4) is 0 Å². The van der Waals surface area contributed by atoms with Crippen molar-refractivity contribution in [1.82, 2.24) is 5.32 Å².